The maximum Gasteiger partial charge on any atom is 0.256 e. The highest BCUT2D eigenvalue weighted by Crippen LogP contribution is 2.24. The van der Waals surface area contributed by atoms with Gasteiger partial charge < -0.3 is 10.2 Å². The molecule has 0 aliphatic carbocycles. The molecule has 14 heavy (non-hydrogen) atoms. The zero-order valence-electron chi connectivity index (χ0n) is 7.48. The summed E-state index contributed by atoms with van der Waals surface area (Å²) in [5.41, 5.74) is 6.69. The maximum absolute atomic E-state index is 11.0. The van der Waals surface area contributed by atoms with Crippen molar-refractivity contribution in [2.24, 2.45) is 5.73 Å². The summed E-state index contributed by atoms with van der Waals surface area (Å²) in [6, 6.07) is 5.14. The highest BCUT2D eigenvalue weighted by atomic mass is 32.2. The number of rotatable bonds is 2. The van der Waals surface area contributed by atoms with Crippen molar-refractivity contribution in [1.29, 1.82) is 0 Å². The quantitative estimate of drug-likeness (QED) is 0.762. The van der Waals surface area contributed by atoms with E-state index in [1.165, 1.54) is 11.8 Å². The topological polar surface area (TPSA) is 69.1 Å². The number of para-hydroxylation sites is 1. The van der Waals surface area contributed by atoms with Crippen LogP contribution in [0.1, 0.15) is 10.4 Å². The molecule has 1 amide bonds. The Morgan fingerprint density at radius 3 is 3.00 bits per heavy atom. The molecule has 0 radical (unpaired) electrons. The van der Waals surface area contributed by atoms with Crippen LogP contribution >= 0.6 is 11.8 Å². The monoisotopic (exact) mass is 208 g/mol. The summed E-state index contributed by atoms with van der Waals surface area (Å²) in [5, 5.41) is 0.536. The summed E-state index contributed by atoms with van der Waals surface area (Å²) < 4.78 is 5.36. The number of benzene rings is 1. The Kier molecular flexibility index (Phi) is 2.17. The van der Waals surface area contributed by atoms with Gasteiger partial charge in [0.05, 0.1) is 5.56 Å². The van der Waals surface area contributed by atoms with Crippen molar-refractivity contribution < 1.29 is 9.21 Å². The molecule has 0 saturated heterocycles. The van der Waals surface area contributed by atoms with Gasteiger partial charge in [-0.05, 0) is 18.4 Å². The molecule has 5 heteroatoms. The van der Waals surface area contributed by atoms with Gasteiger partial charge in [-0.2, -0.15) is 0 Å². The summed E-state index contributed by atoms with van der Waals surface area (Å²) in [4.78, 5) is 15.2. The van der Waals surface area contributed by atoms with E-state index in [9.17, 15) is 4.79 Å². The maximum atomic E-state index is 11.0. The second kappa shape index (κ2) is 3.34. The molecule has 0 unspecified atom stereocenters. The highest BCUT2D eigenvalue weighted by molar-refractivity contribution is 7.98. The molecule has 2 aromatic rings. The van der Waals surface area contributed by atoms with Crippen LogP contribution in [0.4, 0.5) is 0 Å². The molecule has 0 spiro atoms. The van der Waals surface area contributed by atoms with Gasteiger partial charge in [-0.25, -0.2) is 4.98 Å². The van der Waals surface area contributed by atoms with E-state index in [1.807, 2.05) is 6.26 Å². The van der Waals surface area contributed by atoms with E-state index in [4.69, 9.17) is 10.2 Å². The third kappa shape index (κ3) is 1.35. The number of carbonyl (C=O) groups is 1. The van der Waals surface area contributed by atoms with E-state index in [-0.39, 0.29) is 0 Å². The number of hydrogen-bond acceptors (Lipinski definition) is 4. The summed E-state index contributed by atoms with van der Waals surface area (Å²) in [5.74, 6) is -0.501. The van der Waals surface area contributed by atoms with Gasteiger partial charge in [0.2, 0.25) is 0 Å². The van der Waals surface area contributed by atoms with Crippen LogP contribution in [0.15, 0.2) is 27.8 Å². The molecule has 0 atom stereocenters. The second-order valence-corrected chi connectivity index (χ2v) is 3.46. The molecule has 0 aliphatic heterocycles. The van der Waals surface area contributed by atoms with Crippen LogP contribution < -0.4 is 5.73 Å². The summed E-state index contributed by atoms with van der Waals surface area (Å²) in [6.45, 7) is 0. The summed E-state index contributed by atoms with van der Waals surface area (Å²) in [7, 11) is 0. The molecule has 0 fully saturated rings. The number of oxazole rings is 1. The molecule has 0 bridgehead atoms. The van der Waals surface area contributed by atoms with Gasteiger partial charge in [-0.1, -0.05) is 17.8 Å². The zero-order valence-corrected chi connectivity index (χ0v) is 8.30. The predicted octanol–water partition coefficient (Wildman–Crippen LogP) is 1.65. The lowest BCUT2D eigenvalue weighted by molar-refractivity contribution is 0.100. The fourth-order valence-corrected chi connectivity index (χ4v) is 1.57. The summed E-state index contributed by atoms with van der Waals surface area (Å²) in [6.07, 6.45) is 1.86. The van der Waals surface area contributed by atoms with E-state index in [0.717, 1.165) is 0 Å². The van der Waals surface area contributed by atoms with Gasteiger partial charge in [-0.3, -0.25) is 4.79 Å². The van der Waals surface area contributed by atoms with Crippen LogP contribution in [-0.2, 0) is 0 Å². The third-order valence-electron chi connectivity index (χ3n) is 1.84. The minimum atomic E-state index is -0.501. The van der Waals surface area contributed by atoms with E-state index in [2.05, 4.69) is 4.98 Å². The molecule has 1 heterocycles. The highest BCUT2D eigenvalue weighted by Gasteiger charge is 2.12. The van der Waals surface area contributed by atoms with Crippen LogP contribution in [0, 0.1) is 0 Å². The standard InChI is InChI=1S/C9H8N2O2S/c1-14-9-11-6-4-2-3-5(8(10)12)7(6)13-9/h2-4H,1H3,(H2,10,12). The Morgan fingerprint density at radius 1 is 1.57 bits per heavy atom. The van der Waals surface area contributed by atoms with Crippen LogP contribution in [0.2, 0.25) is 0 Å². The molecular weight excluding hydrogens is 200 g/mol. The van der Waals surface area contributed by atoms with E-state index >= 15 is 0 Å². The number of nitrogens with zero attached hydrogens (tertiary/aromatic N) is 1. The lowest BCUT2D eigenvalue weighted by atomic mass is 10.2. The van der Waals surface area contributed by atoms with Crippen LogP contribution in [0.25, 0.3) is 11.1 Å². The molecule has 1 aromatic carbocycles. The average molecular weight is 208 g/mol. The van der Waals surface area contributed by atoms with Gasteiger partial charge in [0.15, 0.2) is 5.58 Å². The number of primary amides is 1. The molecule has 72 valence electrons. The third-order valence-corrected chi connectivity index (χ3v) is 2.36. The fraction of sp³-hybridized carbons (Fsp3) is 0.111. The van der Waals surface area contributed by atoms with Crippen molar-refractivity contribution in [3.63, 3.8) is 0 Å². The lowest BCUT2D eigenvalue weighted by Crippen LogP contribution is -2.10. The van der Waals surface area contributed by atoms with Gasteiger partial charge in [-0.15, -0.1) is 0 Å². The number of thioether (sulfide) groups is 1. The Hall–Kier alpha value is -1.49. The molecule has 0 aliphatic rings. The van der Waals surface area contributed by atoms with Crippen molar-refractivity contribution in [2.75, 3.05) is 6.26 Å². The smallest absolute Gasteiger partial charge is 0.256 e. The fourth-order valence-electron chi connectivity index (χ4n) is 1.21. The van der Waals surface area contributed by atoms with Gasteiger partial charge in [0, 0.05) is 0 Å². The van der Waals surface area contributed by atoms with Gasteiger partial charge in [0.25, 0.3) is 11.1 Å². The Labute approximate surface area is 84.5 Å². The molecular formula is C9H8N2O2S. The van der Waals surface area contributed by atoms with Crippen molar-refractivity contribution in [1.82, 2.24) is 4.98 Å². The Balaban J connectivity index is 2.73. The second-order valence-electron chi connectivity index (χ2n) is 2.70. The van der Waals surface area contributed by atoms with Gasteiger partial charge >= 0.3 is 0 Å². The number of nitrogens with two attached hydrogens (primary N) is 1. The SMILES string of the molecule is CSc1nc2cccc(C(N)=O)c2o1. The molecule has 1 aromatic heterocycles. The first-order valence-corrected chi connectivity index (χ1v) is 5.18. The number of hydrogen-bond donors (Lipinski definition) is 1. The largest absolute Gasteiger partial charge is 0.431 e. The van der Waals surface area contributed by atoms with Crippen molar-refractivity contribution >= 4 is 28.8 Å². The Bertz CT molecular complexity index is 493. The van der Waals surface area contributed by atoms with Crippen molar-refractivity contribution in [3.05, 3.63) is 23.8 Å². The number of aromatic nitrogens is 1. The molecule has 2 N–H and O–H groups in total. The predicted molar refractivity (Wildman–Crippen MR) is 54.3 cm³/mol. The molecule has 2 rings (SSSR count). The lowest BCUT2D eigenvalue weighted by Gasteiger charge is -1.93. The molecule has 0 saturated carbocycles. The van der Waals surface area contributed by atoms with Crippen LogP contribution in [-0.4, -0.2) is 17.1 Å². The van der Waals surface area contributed by atoms with Crippen LogP contribution in [0.3, 0.4) is 0 Å². The van der Waals surface area contributed by atoms with E-state index < -0.39 is 5.91 Å². The van der Waals surface area contributed by atoms with E-state index in [1.54, 1.807) is 18.2 Å². The van der Waals surface area contributed by atoms with E-state index in [0.29, 0.717) is 21.9 Å². The number of fused-ring (bicyclic) bond motifs is 1. The minimum absolute atomic E-state index is 0.371. The Morgan fingerprint density at radius 2 is 2.36 bits per heavy atom. The zero-order chi connectivity index (χ0) is 10.1. The first-order chi connectivity index (χ1) is 6.72. The van der Waals surface area contributed by atoms with Crippen molar-refractivity contribution in [3.8, 4) is 0 Å². The van der Waals surface area contributed by atoms with Crippen molar-refractivity contribution in [2.45, 2.75) is 5.22 Å². The molecule has 4 nitrogen and oxygen atoms in total. The first kappa shape index (κ1) is 9.08. The first-order valence-electron chi connectivity index (χ1n) is 3.95. The average Bonchev–Trinajstić information content (AvgIpc) is 2.59. The number of carbonyl (C=O) groups excluding carboxylic acids is 1. The normalized spacial score (nSPS) is 10.6. The minimum Gasteiger partial charge on any atom is -0.431 e. The summed E-state index contributed by atoms with van der Waals surface area (Å²) >= 11 is 1.39. The van der Waals surface area contributed by atoms with Crippen LogP contribution in [0.5, 0.6) is 0 Å². The van der Waals surface area contributed by atoms with Gasteiger partial charge in [0.1, 0.15) is 5.52 Å². The number of amides is 1.